The summed E-state index contributed by atoms with van der Waals surface area (Å²) < 4.78 is 40.3. The molecule has 3 aromatic rings. The van der Waals surface area contributed by atoms with Gasteiger partial charge in [0.25, 0.3) is 5.91 Å². The maximum atomic E-state index is 14.2. The summed E-state index contributed by atoms with van der Waals surface area (Å²) >= 11 is 0. The van der Waals surface area contributed by atoms with Crippen molar-refractivity contribution in [3.8, 4) is 0 Å². The number of carbonyl (C=O) groups excluding carboxylic acids is 2. The SMILES string of the molecule is CCN(CC)C(=O)c1cc(F)cc(S(=O)(=O)c2ccc(NC(=O)NCc3ccncc3)cc2)c1. The van der Waals surface area contributed by atoms with Crippen molar-refractivity contribution in [2.75, 3.05) is 18.4 Å². The van der Waals surface area contributed by atoms with E-state index < -0.39 is 27.6 Å². The van der Waals surface area contributed by atoms with Gasteiger partial charge in [0.1, 0.15) is 5.82 Å². The Morgan fingerprint density at radius 2 is 1.59 bits per heavy atom. The number of sulfone groups is 1. The van der Waals surface area contributed by atoms with Gasteiger partial charge < -0.3 is 15.5 Å². The molecule has 178 valence electrons. The molecule has 0 aliphatic rings. The molecule has 0 fully saturated rings. The first kappa shape index (κ1) is 24.8. The minimum Gasteiger partial charge on any atom is -0.339 e. The Morgan fingerprint density at radius 3 is 2.21 bits per heavy atom. The van der Waals surface area contributed by atoms with Gasteiger partial charge in [-0.05, 0) is 74.0 Å². The van der Waals surface area contributed by atoms with E-state index >= 15 is 0 Å². The van der Waals surface area contributed by atoms with Crippen LogP contribution in [0.1, 0.15) is 29.8 Å². The Labute approximate surface area is 197 Å². The zero-order valence-corrected chi connectivity index (χ0v) is 19.6. The van der Waals surface area contributed by atoms with Crippen molar-refractivity contribution in [3.05, 3.63) is 83.9 Å². The van der Waals surface area contributed by atoms with Crippen molar-refractivity contribution in [2.45, 2.75) is 30.2 Å². The molecule has 8 nitrogen and oxygen atoms in total. The van der Waals surface area contributed by atoms with Gasteiger partial charge in [-0.3, -0.25) is 9.78 Å². The van der Waals surface area contributed by atoms with E-state index in [4.69, 9.17) is 0 Å². The molecular weight excluding hydrogens is 459 g/mol. The third kappa shape index (κ3) is 5.96. The van der Waals surface area contributed by atoms with E-state index in [1.165, 1.54) is 35.2 Å². The van der Waals surface area contributed by atoms with Crippen molar-refractivity contribution in [1.29, 1.82) is 0 Å². The number of benzene rings is 2. The minimum absolute atomic E-state index is 0.0357. The lowest BCUT2D eigenvalue weighted by molar-refractivity contribution is 0.0772. The lowest BCUT2D eigenvalue weighted by Crippen LogP contribution is -2.30. The molecule has 1 heterocycles. The molecule has 0 unspecified atom stereocenters. The van der Waals surface area contributed by atoms with E-state index in [0.717, 1.165) is 17.7 Å². The summed E-state index contributed by atoms with van der Waals surface area (Å²) in [6.45, 7) is 4.70. The number of aromatic nitrogens is 1. The van der Waals surface area contributed by atoms with Crippen molar-refractivity contribution in [2.24, 2.45) is 0 Å². The number of pyridine rings is 1. The molecule has 3 amide bonds. The summed E-state index contributed by atoms with van der Waals surface area (Å²) in [4.78, 5) is 29.6. The highest BCUT2D eigenvalue weighted by atomic mass is 32.2. The Bertz CT molecular complexity index is 1260. The molecule has 0 aliphatic heterocycles. The third-order valence-electron chi connectivity index (χ3n) is 5.10. The number of urea groups is 1. The lowest BCUT2D eigenvalue weighted by Gasteiger charge is -2.19. The molecule has 2 N–H and O–H groups in total. The van der Waals surface area contributed by atoms with Crippen LogP contribution in [0.15, 0.2) is 76.8 Å². The first-order chi connectivity index (χ1) is 16.2. The lowest BCUT2D eigenvalue weighted by atomic mass is 10.2. The maximum Gasteiger partial charge on any atom is 0.319 e. The Morgan fingerprint density at radius 1 is 0.941 bits per heavy atom. The van der Waals surface area contributed by atoms with E-state index in [2.05, 4.69) is 15.6 Å². The molecule has 0 aliphatic carbocycles. The molecule has 3 rings (SSSR count). The fraction of sp³-hybridized carbons (Fsp3) is 0.208. The number of amides is 3. The van der Waals surface area contributed by atoms with Crippen LogP contribution in [-0.4, -0.2) is 43.3 Å². The fourth-order valence-corrected chi connectivity index (χ4v) is 4.56. The van der Waals surface area contributed by atoms with Gasteiger partial charge in [-0.15, -0.1) is 0 Å². The summed E-state index contributed by atoms with van der Waals surface area (Å²) in [5.41, 5.74) is 1.22. The number of hydrogen-bond acceptors (Lipinski definition) is 5. The van der Waals surface area contributed by atoms with Crippen LogP contribution in [0.25, 0.3) is 0 Å². The second-order valence-corrected chi connectivity index (χ2v) is 9.29. The van der Waals surface area contributed by atoms with Crippen molar-refractivity contribution < 1.29 is 22.4 Å². The predicted molar refractivity (Wildman–Crippen MR) is 126 cm³/mol. The molecule has 0 radical (unpaired) electrons. The largest absolute Gasteiger partial charge is 0.339 e. The summed E-state index contributed by atoms with van der Waals surface area (Å²) in [5, 5.41) is 5.30. The summed E-state index contributed by atoms with van der Waals surface area (Å²) in [6.07, 6.45) is 3.24. The summed E-state index contributed by atoms with van der Waals surface area (Å²) in [5.74, 6) is -1.26. The van der Waals surface area contributed by atoms with Gasteiger partial charge >= 0.3 is 6.03 Å². The van der Waals surface area contributed by atoms with Crippen LogP contribution in [0.2, 0.25) is 0 Å². The number of nitrogens with one attached hydrogen (secondary N) is 2. The number of halogens is 1. The monoisotopic (exact) mass is 484 g/mol. The molecular formula is C24H25FN4O4S. The van der Waals surface area contributed by atoms with E-state index in [9.17, 15) is 22.4 Å². The zero-order chi connectivity index (χ0) is 24.7. The van der Waals surface area contributed by atoms with Crippen LogP contribution in [0.5, 0.6) is 0 Å². The van der Waals surface area contributed by atoms with Gasteiger partial charge in [0.2, 0.25) is 9.84 Å². The van der Waals surface area contributed by atoms with Crippen molar-refractivity contribution >= 4 is 27.5 Å². The van der Waals surface area contributed by atoms with E-state index in [0.29, 0.717) is 25.3 Å². The first-order valence-corrected chi connectivity index (χ1v) is 12.1. The number of nitrogens with zero attached hydrogens (tertiary/aromatic N) is 2. The standard InChI is InChI=1S/C24H25FN4O4S/c1-3-29(4-2)23(30)18-13-19(25)15-22(14-18)34(32,33)21-7-5-20(6-8-21)28-24(31)27-16-17-9-11-26-12-10-17/h5-15H,3-4,16H2,1-2H3,(H2,27,28,31). The third-order valence-corrected chi connectivity index (χ3v) is 6.85. The summed E-state index contributed by atoms with van der Waals surface area (Å²) in [6, 6.07) is 11.6. The molecule has 2 aromatic carbocycles. The van der Waals surface area contributed by atoms with Gasteiger partial charge in [-0.2, -0.15) is 0 Å². The summed E-state index contributed by atoms with van der Waals surface area (Å²) in [7, 11) is -4.09. The van der Waals surface area contributed by atoms with Crippen LogP contribution in [0, 0.1) is 5.82 Å². The van der Waals surface area contributed by atoms with Gasteiger partial charge in [0.05, 0.1) is 9.79 Å². The smallest absolute Gasteiger partial charge is 0.319 e. The average Bonchev–Trinajstić information content (AvgIpc) is 2.84. The van der Waals surface area contributed by atoms with Crippen LogP contribution in [0.4, 0.5) is 14.9 Å². The maximum absolute atomic E-state index is 14.2. The second kappa shape index (κ2) is 10.9. The van der Waals surface area contributed by atoms with E-state index in [1.807, 2.05) is 0 Å². The highest BCUT2D eigenvalue weighted by Gasteiger charge is 2.22. The first-order valence-electron chi connectivity index (χ1n) is 10.6. The topological polar surface area (TPSA) is 108 Å². The van der Waals surface area contributed by atoms with Gasteiger partial charge in [0, 0.05) is 43.3 Å². The normalized spacial score (nSPS) is 11.0. The van der Waals surface area contributed by atoms with E-state index in [-0.39, 0.29) is 15.4 Å². The molecule has 0 saturated carbocycles. The van der Waals surface area contributed by atoms with Crippen LogP contribution >= 0.6 is 0 Å². The van der Waals surface area contributed by atoms with Crippen molar-refractivity contribution in [3.63, 3.8) is 0 Å². The van der Waals surface area contributed by atoms with Gasteiger partial charge in [-0.1, -0.05) is 0 Å². The number of carbonyl (C=O) groups is 2. The highest BCUT2D eigenvalue weighted by Crippen LogP contribution is 2.25. The Kier molecular flexibility index (Phi) is 7.95. The predicted octanol–water partition coefficient (Wildman–Crippen LogP) is 3.86. The number of hydrogen-bond donors (Lipinski definition) is 2. The molecule has 0 atom stereocenters. The van der Waals surface area contributed by atoms with Gasteiger partial charge in [-0.25, -0.2) is 17.6 Å². The number of anilines is 1. The van der Waals surface area contributed by atoms with E-state index in [1.54, 1.807) is 38.4 Å². The van der Waals surface area contributed by atoms with Gasteiger partial charge in [0.15, 0.2) is 0 Å². The van der Waals surface area contributed by atoms with Crippen LogP contribution in [0.3, 0.4) is 0 Å². The minimum atomic E-state index is -4.09. The van der Waals surface area contributed by atoms with Crippen LogP contribution < -0.4 is 10.6 Å². The highest BCUT2D eigenvalue weighted by molar-refractivity contribution is 7.91. The van der Waals surface area contributed by atoms with Crippen molar-refractivity contribution in [1.82, 2.24) is 15.2 Å². The molecule has 10 heteroatoms. The molecule has 34 heavy (non-hydrogen) atoms. The molecule has 0 spiro atoms. The molecule has 0 saturated heterocycles. The average molecular weight is 485 g/mol. The zero-order valence-electron chi connectivity index (χ0n) is 18.8. The Balaban J connectivity index is 1.74. The molecule has 0 bridgehead atoms. The number of rotatable bonds is 8. The Hall–Kier alpha value is -3.79. The second-order valence-electron chi connectivity index (χ2n) is 7.34. The van der Waals surface area contributed by atoms with Crippen LogP contribution in [-0.2, 0) is 16.4 Å². The molecule has 1 aromatic heterocycles. The fourth-order valence-electron chi connectivity index (χ4n) is 3.25. The quantitative estimate of drug-likeness (QED) is 0.505.